The molecule has 0 amide bonds. The Morgan fingerprint density at radius 1 is 1.38 bits per heavy atom. The lowest BCUT2D eigenvalue weighted by Crippen LogP contribution is -2.36. The van der Waals surface area contributed by atoms with Crippen molar-refractivity contribution in [2.24, 2.45) is 5.92 Å². The lowest BCUT2D eigenvalue weighted by atomic mass is 9.79. The molecular formula is C17H31N3O. The van der Waals surface area contributed by atoms with Gasteiger partial charge in [-0.05, 0) is 59.3 Å². The minimum Gasteiger partial charge on any atom is -0.367 e. The van der Waals surface area contributed by atoms with Gasteiger partial charge in [0.25, 0.3) is 0 Å². The van der Waals surface area contributed by atoms with Crippen molar-refractivity contribution < 1.29 is 4.74 Å². The summed E-state index contributed by atoms with van der Waals surface area (Å²) in [5.74, 6) is 1.82. The van der Waals surface area contributed by atoms with Crippen LogP contribution in [0.3, 0.4) is 0 Å². The number of imidazole rings is 1. The normalized spacial score (nSPS) is 27.0. The van der Waals surface area contributed by atoms with E-state index in [9.17, 15) is 0 Å². The Labute approximate surface area is 129 Å². The summed E-state index contributed by atoms with van der Waals surface area (Å²) in [6.07, 6.45) is 6.53. The Balaban J connectivity index is 2.09. The summed E-state index contributed by atoms with van der Waals surface area (Å²) in [5.41, 5.74) is 1.06. The van der Waals surface area contributed by atoms with Gasteiger partial charge in [-0.3, -0.25) is 0 Å². The first-order chi connectivity index (χ1) is 9.85. The van der Waals surface area contributed by atoms with Crippen molar-refractivity contribution in [3.05, 3.63) is 17.7 Å². The zero-order chi connectivity index (χ0) is 15.5. The molecule has 1 aromatic rings. The van der Waals surface area contributed by atoms with E-state index in [0.29, 0.717) is 0 Å². The van der Waals surface area contributed by atoms with E-state index in [0.717, 1.165) is 43.4 Å². The average Bonchev–Trinajstić information content (AvgIpc) is 2.88. The van der Waals surface area contributed by atoms with Gasteiger partial charge in [-0.25, -0.2) is 4.98 Å². The highest BCUT2D eigenvalue weighted by Crippen LogP contribution is 2.41. The molecule has 4 nitrogen and oxygen atoms in total. The number of nitrogens with one attached hydrogen (secondary N) is 2. The summed E-state index contributed by atoms with van der Waals surface area (Å²) >= 11 is 0. The number of aromatic nitrogens is 2. The van der Waals surface area contributed by atoms with Crippen LogP contribution < -0.4 is 5.32 Å². The van der Waals surface area contributed by atoms with Crippen LogP contribution in [0.25, 0.3) is 0 Å². The summed E-state index contributed by atoms with van der Waals surface area (Å²) in [6.45, 7) is 12.5. The van der Waals surface area contributed by atoms with Crippen LogP contribution in [0.1, 0.15) is 71.8 Å². The minimum absolute atomic E-state index is 0.114. The van der Waals surface area contributed by atoms with Crippen molar-refractivity contribution in [1.29, 1.82) is 0 Å². The van der Waals surface area contributed by atoms with Crippen molar-refractivity contribution >= 4 is 0 Å². The molecule has 120 valence electrons. The van der Waals surface area contributed by atoms with E-state index in [1.807, 2.05) is 6.20 Å². The molecule has 21 heavy (non-hydrogen) atoms. The lowest BCUT2D eigenvalue weighted by Gasteiger charge is -2.37. The van der Waals surface area contributed by atoms with Gasteiger partial charge >= 0.3 is 0 Å². The molecule has 1 saturated carbocycles. The molecule has 0 aromatic carbocycles. The topological polar surface area (TPSA) is 49.9 Å². The monoisotopic (exact) mass is 293 g/mol. The Morgan fingerprint density at radius 3 is 2.62 bits per heavy atom. The van der Waals surface area contributed by atoms with Crippen LogP contribution in [0.15, 0.2) is 6.20 Å². The second-order valence-corrected chi connectivity index (χ2v) is 7.47. The van der Waals surface area contributed by atoms with Crippen LogP contribution in [0, 0.1) is 5.92 Å². The predicted molar refractivity (Wildman–Crippen MR) is 86.1 cm³/mol. The lowest BCUT2D eigenvalue weighted by molar-refractivity contribution is -0.0832. The Kier molecular flexibility index (Phi) is 5.10. The molecule has 0 aliphatic heterocycles. The Bertz CT molecular complexity index is 439. The van der Waals surface area contributed by atoms with Crippen molar-refractivity contribution in [1.82, 2.24) is 15.3 Å². The standard InChI is InChI=1S/C17H31N3O/c1-6-21-17(9-7-13(2)8-10-17)15-18-11-14(20-15)12-19-16(3,4)5/h11,13,19H,6-10,12H2,1-5H3,(H,18,20). The molecule has 1 heterocycles. The molecule has 1 aliphatic rings. The van der Waals surface area contributed by atoms with Crippen LogP contribution in [0.4, 0.5) is 0 Å². The summed E-state index contributed by atoms with van der Waals surface area (Å²) in [5, 5.41) is 3.49. The van der Waals surface area contributed by atoms with Crippen molar-refractivity contribution in [3.63, 3.8) is 0 Å². The van der Waals surface area contributed by atoms with E-state index in [2.05, 4.69) is 49.9 Å². The second-order valence-electron chi connectivity index (χ2n) is 7.47. The van der Waals surface area contributed by atoms with E-state index in [1.54, 1.807) is 0 Å². The molecule has 0 radical (unpaired) electrons. The summed E-state index contributed by atoms with van der Waals surface area (Å²) in [4.78, 5) is 8.13. The molecule has 0 bridgehead atoms. The first kappa shape index (κ1) is 16.5. The average molecular weight is 293 g/mol. The maximum atomic E-state index is 6.15. The van der Waals surface area contributed by atoms with Crippen molar-refractivity contribution in [3.8, 4) is 0 Å². The molecule has 2 rings (SSSR count). The first-order valence-electron chi connectivity index (χ1n) is 8.28. The summed E-state index contributed by atoms with van der Waals surface area (Å²) in [6, 6.07) is 0. The molecule has 1 aliphatic carbocycles. The molecule has 2 N–H and O–H groups in total. The maximum absolute atomic E-state index is 6.15. The van der Waals surface area contributed by atoms with Crippen LogP contribution >= 0.6 is 0 Å². The Morgan fingerprint density at radius 2 is 2.05 bits per heavy atom. The first-order valence-corrected chi connectivity index (χ1v) is 8.28. The van der Waals surface area contributed by atoms with Crippen molar-refractivity contribution in [2.45, 2.75) is 78.0 Å². The largest absolute Gasteiger partial charge is 0.367 e. The van der Waals surface area contributed by atoms with Gasteiger partial charge in [0.2, 0.25) is 0 Å². The molecule has 0 atom stereocenters. The molecule has 1 fully saturated rings. The van der Waals surface area contributed by atoms with Gasteiger partial charge < -0.3 is 15.0 Å². The third kappa shape index (κ3) is 4.30. The van der Waals surface area contributed by atoms with Gasteiger partial charge in [0, 0.05) is 30.6 Å². The van der Waals surface area contributed by atoms with Gasteiger partial charge in [0.15, 0.2) is 0 Å². The van der Waals surface area contributed by atoms with Crippen LogP contribution in [0.2, 0.25) is 0 Å². The van der Waals surface area contributed by atoms with E-state index in [1.165, 1.54) is 12.8 Å². The molecule has 1 aromatic heterocycles. The fourth-order valence-electron chi connectivity index (χ4n) is 3.00. The van der Waals surface area contributed by atoms with E-state index >= 15 is 0 Å². The number of H-pyrrole nitrogens is 1. The van der Waals surface area contributed by atoms with Gasteiger partial charge in [-0.1, -0.05) is 6.92 Å². The number of ether oxygens (including phenoxy) is 1. The zero-order valence-corrected chi connectivity index (χ0v) is 14.3. The molecule has 0 saturated heterocycles. The van der Waals surface area contributed by atoms with Crippen LogP contribution in [-0.4, -0.2) is 22.1 Å². The zero-order valence-electron chi connectivity index (χ0n) is 14.3. The van der Waals surface area contributed by atoms with Gasteiger partial charge in [-0.15, -0.1) is 0 Å². The SMILES string of the molecule is CCOC1(c2ncc(CNC(C)(C)C)[nH]2)CCC(C)CC1. The van der Waals surface area contributed by atoms with Gasteiger partial charge in [0.05, 0.1) is 0 Å². The summed E-state index contributed by atoms with van der Waals surface area (Å²) in [7, 11) is 0. The molecule has 0 unspecified atom stereocenters. The number of nitrogens with zero attached hydrogens (tertiary/aromatic N) is 1. The fraction of sp³-hybridized carbons (Fsp3) is 0.824. The van der Waals surface area contributed by atoms with Gasteiger partial charge in [-0.2, -0.15) is 0 Å². The molecule has 4 heteroatoms. The van der Waals surface area contributed by atoms with E-state index in [-0.39, 0.29) is 11.1 Å². The molecule has 0 spiro atoms. The van der Waals surface area contributed by atoms with E-state index < -0.39 is 0 Å². The Hall–Kier alpha value is -0.870. The highest BCUT2D eigenvalue weighted by atomic mass is 16.5. The minimum atomic E-state index is -0.193. The highest BCUT2D eigenvalue weighted by Gasteiger charge is 2.39. The quantitative estimate of drug-likeness (QED) is 0.869. The third-order valence-electron chi connectivity index (χ3n) is 4.37. The van der Waals surface area contributed by atoms with Gasteiger partial charge in [0.1, 0.15) is 11.4 Å². The maximum Gasteiger partial charge on any atom is 0.138 e. The van der Waals surface area contributed by atoms with Crippen molar-refractivity contribution in [2.75, 3.05) is 6.61 Å². The highest BCUT2D eigenvalue weighted by molar-refractivity contribution is 5.10. The number of hydrogen-bond donors (Lipinski definition) is 2. The summed E-state index contributed by atoms with van der Waals surface area (Å²) < 4.78 is 6.15. The van der Waals surface area contributed by atoms with E-state index in [4.69, 9.17) is 4.74 Å². The number of rotatable bonds is 5. The molecular weight excluding hydrogens is 262 g/mol. The van der Waals surface area contributed by atoms with Crippen LogP contribution in [0.5, 0.6) is 0 Å². The smallest absolute Gasteiger partial charge is 0.138 e. The number of hydrogen-bond acceptors (Lipinski definition) is 3. The van der Waals surface area contributed by atoms with Crippen LogP contribution in [-0.2, 0) is 16.9 Å². The fourth-order valence-corrected chi connectivity index (χ4v) is 3.00. The number of aromatic amines is 1. The third-order valence-corrected chi connectivity index (χ3v) is 4.37. The predicted octanol–water partition coefficient (Wildman–Crippen LogP) is 3.74. The second kappa shape index (κ2) is 6.49.